The van der Waals surface area contributed by atoms with Gasteiger partial charge in [-0.25, -0.2) is 9.97 Å². The normalized spacial score (nSPS) is 26.3. The summed E-state index contributed by atoms with van der Waals surface area (Å²) in [5, 5.41) is 25.3. The zero-order valence-electron chi connectivity index (χ0n) is 11.3. The summed E-state index contributed by atoms with van der Waals surface area (Å²) in [6.07, 6.45) is -5.77. The quantitative estimate of drug-likeness (QED) is 0.432. The number of ether oxygens (including phenoxy) is 1. The van der Waals surface area contributed by atoms with Crippen LogP contribution >= 0.6 is 0 Å². The van der Waals surface area contributed by atoms with E-state index in [0.29, 0.717) is 6.07 Å². The lowest BCUT2D eigenvalue weighted by Gasteiger charge is -2.34. The van der Waals surface area contributed by atoms with E-state index >= 15 is 0 Å². The average molecular weight is 332 g/mol. The number of nitrogens with zero attached hydrogens (tertiary/aromatic N) is 5. The van der Waals surface area contributed by atoms with Crippen molar-refractivity contribution >= 4 is 5.95 Å². The number of hydrogen-bond donors (Lipinski definition) is 3. The van der Waals surface area contributed by atoms with Gasteiger partial charge in [-0.3, -0.25) is 0 Å². The van der Waals surface area contributed by atoms with Gasteiger partial charge in [-0.2, -0.15) is 13.2 Å². The van der Waals surface area contributed by atoms with E-state index in [1.54, 1.807) is 0 Å². The van der Waals surface area contributed by atoms with Crippen LogP contribution in [0.2, 0.25) is 0 Å². The minimum absolute atomic E-state index is 0.154. The molecule has 0 saturated carbocycles. The number of rotatable bonds is 3. The predicted molar refractivity (Wildman–Crippen MR) is 69.6 cm³/mol. The van der Waals surface area contributed by atoms with Crippen LogP contribution in [0.3, 0.4) is 0 Å². The molecule has 3 N–H and O–H groups in total. The molecule has 0 aromatic carbocycles. The maximum absolute atomic E-state index is 12.6. The van der Waals surface area contributed by atoms with E-state index in [1.807, 2.05) is 0 Å². The largest absolute Gasteiger partial charge is 0.493 e. The summed E-state index contributed by atoms with van der Waals surface area (Å²) in [7, 11) is 0. The van der Waals surface area contributed by atoms with E-state index in [1.165, 1.54) is 0 Å². The highest BCUT2D eigenvalue weighted by atomic mass is 19.4. The molecule has 0 spiro atoms. The van der Waals surface area contributed by atoms with Gasteiger partial charge in [-0.15, -0.1) is 0 Å². The van der Waals surface area contributed by atoms with Crippen molar-refractivity contribution in [2.75, 3.05) is 11.9 Å². The molecule has 0 aliphatic carbocycles. The smallest absolute Gasteiger partial charge is 0.433 e. The predicted octanol–water partition coefficient (Wildman–Crippen LogP) is 1.18. The first-order chi connectivity index (χ1) is 10.8. The summed E-state index contributed by atoms with van der Waals surface area (Å²) in [6.45, 7) is -0.204. The molecule has 0 bridgehead atoms. The maximum Gasteiger partial charge on any atom is 0.433 e. The summed E-state index contributed by atoms with van der Waals surface area (Å²) in [5.41, 5.74) is 7.03. The van der Waals surface area contributed by atoms with Crippen LogP contribution in [0.4, 0.5) is 19.1 Å². The molecule has 3 atom stereocenters. The van der Waals surface area contributed by atoms with Gasteiger partial charge in [0.05, 0.1) is 6.04 Å². The summed E-state index contributed by atoms with van der Waals surface area (Å²) >= 11 is 0. The molecule has 1 fully saturated rings. The second-order valence-electron chi connectivity index (χ2n) is 4.50. The molecule has 0 unspecified atom stereocenters. The Hall–Kier alpha value is -2.56. The fourth-order valence-electron chi connectivity index (χ4n) is 1.83. The first kappa shape index (κ1) is 16.8. The number of nitrogens with one attached hydrogen (secondary N) is 1. The minimum Gasteiger partial charge on any atom is -0.493 e. The summed E-state index contributed by atoms with van der Waals surface area (Å²) in [5.74, 6) is -0.527. The standard InChI is InChI=1S/C11H11F3N6O3/c12-11(13,14)7-1-2-16-10(19-7)18-5-4-23-6(3-17-20-15)9(22)8(5)21/h1-3,5,8-9,21-22H,4H2,(H,16,18,19)/b6-3+/t5-,8+,9-/m0/s1. The highest BCUT2D eigenvalue weighted by Crippen LogP contribution is 2.28. The Bertz CT molecular complexity index is 646. The summed E-state index contributed by atoms with van der Waals surface area (Å²) in [6, 6.07) is -0.258. The highest BCUT2D eigenvalue weighted by Gasteiger charge is 2.37. The Morgan fingerprint density at radius 1 is 1.48 bits per heavy atom. The van der Waals surface area contributed by atoms with E-state index in [-0.39, 0.29) is 18.3 Å². The number of halogens is 3. The molecular formula is C11H11F3N6O3. The molecule has 1 aromatic heterocycles. The molecule has 9 nitrogen and oxygen atoms in total. The van der Waals surface area contributed by atoms with Crippen molar-refractivity contribution in [1.82, 2.24) is 9.97 Å². The molecule has 124 valence electrons. The number of aromatic nitrogens is 2. The van der Waals surface area contributed by atoms with Crippen LogP contribution in [0, 0.1) is 0 Å². The lowest BCUT2D eigenvalue weighted by Crippen LogP contribution is -2.50. The topological polar surface area (TPSA) is 136 Å². The third kappa shape index (κ3) is 4.00. The molecule has 12 heteroatoms. The maximum atomic E-state index is 12.6. The van der Waals surface area contributed by atoms with Gasteiger partial charge in [0.2, 0.25) is 5.95 Å². The number of aliphatic hydroxyl groups is 2. The Morgan fingerprint density at radius 3 is 2.87 bits per heavy atom. The van der Waals surface area contributed by atoms with Gasteiger partial charge in [-0.1, -0.05) is 5.11 Å². The van der Waals surface area contributed by atoms with Crippen LogP contribution in [0.5, 0.6) is 0 Å². The van der Waals surface area contributed by atoms with E-state index in [2.05, 4.69) is 25.3 Å². The Balaban J connectivity index is 2.11. The molecule has 1 aliphatic heterocycles. The third-order valence-electron chi connectivity index (χ3n) is 2.95. The van der Waals surface area contributed by atoms with Gasteiger partial charge in [0.1, 0.15) is 30.3 Å². The fourth-order valence-corrected chi connectivity index (χ4v) is 1.83. The molecule has 1 aliphatic rings. The zero-order chi connectivity index (χ0) is 17.0. The van der Waals surface area contributed by atoms with Crippen molar-refractivity contribution in [3.05, 3.63) is 40.4 Å². The number of azide groups is 1. The van der Waals surface area contributed by atoms with Gasteiger partial charge in [0.25, 0.3) is 0 Å². The fraction of sp³-hybridized carbons (Fsp3) is 0.455. The van der Waals surface area contributed by atoms with Crippen molar-refractivity contribution in [2.45, 2.75) is 24.4 Å². The van der Waals surface area contributed by atoms with Crippen LogP contribution in [-0.2, 0) is 10.9 Å². The number of anilines is 1. The van der Waals surface area contributed by atoms with Gasteiger partial charge >= 0.3 is 6.18 Å². The van der Waals surface area contributed by atoms with E-state index < -0.39 is 30.1 Å². The van der Waals surface area contributed by atoms with Gasteiger partial charge in [0, 0.05) is 17.3 Å². The van der Waals surface area contributed by atoms with Crippen LogP contribution in [-0.4, -0.2) is 45.0 Å². The molecular weight excluding hydrogens is 321 g/mol. The molecule has 0 radical (unpaired) electrons. The highest BCUT2D eigenvalue weighted by molar-refractivity contribution is 5.29. The molecule has 1 aromatic rings. The van der Waals surface area contributed by atoms with E-state index in [0.717, 1.165) is 12.4 Å². The summed E-state index contributed by atoms with van der Waals surface area (Å²) < 4.78 is 42.8. The van der Waals surface area contributed by atoms with Crippen molar-refractivity contribution < 1.29 is 28.1 Å². The number of hydrogen-bond acceptors (Lipinski definition) is 7. The van der Waals surface area contributed by atoms with Gasteiger partial charge < -0.3 is 20.3 Å². The molecule has 2 rings (SSSR count). The molecule has 23 heavy (non-hydrogen) atoms. The monoisotopic (exact) mass is 332 g/mol. The Morgan fingerprint density at radius 2 is 2.22 bits per heavy atom. The van der Waals surface area contributed by atoms with Crippen molar-refractivity contribution in [2.24, 2.45) is 5.11 Å². The van der Waals surface area contributed by atoms with E-state index in [4.69, 9.17) is 10.3 Å². The van der Waals surface area contributed by atoms with Crippen LogP contribution in [0.15, 0.2) is 29.3 Å². The van der Waals surface area contributed by atoms with Crippen molar-refractivity contribution in [3.63, 3.8) is 0 Å². The first-order valence-electron chi connectivity index (χ1n) is 6.23. The number of aliphatic hydroxyl groups excluding tert-OH is 2. The SMILES string of the molecule is [N-]=[N+]=N/C=C1/OC[C@H](Nc2nccc(C(F)(F)F)n2)[C@@H](O)[C@H]1O. The van der Waals surface area contributed by atoms with Crippen LogP contribution in [0.1, 0.15) is 5.69 Å². The molecule has 2 heterocycles. The molecule has 0 amide bonds. The lowest BCUT2D eigenvalue weighted by atomic mass is 10.0. The minimum atomic E-state index is -4.63. The Labute approximate surface area is 127 Å². The second-order valence-corrected chi connectivity index (χ2v) is 4.50. The van der Waals surface area contributed by atoms with Crippen molar-refractivity contribution in [3.8, 4) is 0 Å². The first-order valence-corrected chi connectivity index (χ1v) is 6.23. The third-order valence-corrected chi connectivity index (χ3v) is 2.95. The summed E-state index contributed by atoms with van der Waals surface area (Å²) in [4.78, 5) is 9.36. The van der Waals surface area contributed by atoms with Gasteiger partial charge in [0.15, 0.2) is 0 Å². The Kier molecular flexibility index (Phi) is 4.89. The number of alkyl halides is 3. The zero-order valence-corrected chi connectivity index (χ0v) is 11.3. The van der Waals surface area contributed by atoms with E-state index in [9.17, 15) is 23.4 Å². The van der Waals surface area contributed by atoms with Gasteiger partial charge in [-0.05, 0) is 11.6 Å². The average Bonchev–Trinajstić information content (AvgIpc) is 2.51. The second kappa shape index (κ2) is 6.69. The van der Waals surface area contributed by atoms with Crippen LogP contribution in [0.25, 0.3) is 10.4 Å². The lowest BCUT2D eigenvalue weighted by molar-refractivity contribution is -0.141. The van der Waals surface area contributed by atoms with Crippen molar-refractivity contribution in [1.29, 1.82) is 0 Å². The van der Waals surface area contributed by atoms with Crippen LogP contribution < -0.4 is 5.32 Å². The molecule has 1 saturated heterocycles.